The van der Waals surface area contributed by atoms with Gasteiger partial charge in [-0.25, -0.2) is 0 Å². The van der Waals surface area contributed by atoms with Crippen molar-refractivity contribution in [1.82, 2.24) is 0 Å². The highest BCUT2D eigenvalue weighted by molar-refractivity contribution is 4.73. The Labute approximate surface area is 69.1 Å². The van der Waals surface area contributed by atoms with Crippen LogP contribution in [0.3, 0.4) is 0 Å². The van der Waals surface area contributed by atoms with E-state index in [1.807, 2.05) is 0 Å². The smallest absolute Gasteiger partial charge is 0.0578 e. The summed E-state index contributed by atoms with van der Waals surface area (Å²) in [5, 5.41) is 0. The molecule has 2 aliphatic heterocycles. The Bertz CT molecular complexity index is 96.0. The second kappa shape index (κ2) is 3.57. The maximum Gasteiger partial charge on any atom is 0.0578 e. The second-order valence-electron chi connectivity index (χ2n) is 3.95. The third-order valence-corrected chi connectivity index (χ3v) is 2.99. The first-order chi connectivity index (χ1) is 5.45. The fourth-order valence-corrected chi connectivity index (χ4v) is 2.32. The van der Waals surface area contributed by atoms with E-state index in [4.69, 9.17) is 4.74 Å². The van der Waals surface area contributed by atoms with Crippen LogP contribution in [0.1, 0.15) is 51.4 Å². The van der Waals surface area contributed by atoms with Crippen molar-refractivity contribution < 1.29 is 4.74 Å². The Balaban J connectivity index is 1.96. The van der Waals surface area contributed by atoms with Gasteiger partial charge >= 0.3 is 0 Å². The Morgan fingerprint density at radius 2 is 1.00 bits per heavy atom. The van der Waals surface area contributed by atoms with Gasteiger partial charge in [0.2, 0.25) is 0 Å². The monoisotopic (exact) mass is 154 g/mol. The van der Waals surface area contributed by atoms with Crippen LogP contribution in [0.2, 0.25) is 0 Å². The molecule has 0 amide bonds. The minimum atomic E-state index is 0.630. The zero-order valence-electron chi connectivity index (χ0n) is 7.22. The van der Waals surface area contributed by atoms with Crippen LogP contribution in [-0.4, -0.2) is 12.2 Å². The molecule has 0 unspecified atom stereocenters. The molecule has 0 radical (unpaired) electrons. The van der Waals surface area contributed by atoms with Crippen LogP contribution in [-0.2, 0) is 4.74 Å². The maximum absolute atomic E-state index is 5.97. The third-order valence-electron chi connectivity index (χ3n) is 2.99. The molecule has 0 aliphatic carbocycles. The Morgan fingerprint density at radius 3 is 1.36 bits per heavy atom. The van der Waals surface area contributed by atoms with Crippen molar-refractivity contribution in [1.29, 1.82) is 0 Å². The van der Waals surface area contributed by atoms with E-state index in [1.54, 1.807) is 0 Å². The van der Waals surface area contributed by atoms with Crippen LogP contribution >= 0.6 is 0 Å². The van der Waals surface area contributed by atoms with Crippen molar-refractivity contribution in [3.63, 3.8) is 0 Å². The molecule has 0 N–H and O–H groups in total. The molecule has 0 aromatic heterocycles. The summed E-state index contributed by atoms with van der Waals surface area (Å²) in [6, 6.07) is 0. The normalized spacial score (nSPS) is 39.3. The minimum Gasteiger partial charge on any atom is -0.375 e. The minimum absolute atomic E-state index is 0.630. The molecule has 2 bridgehead atoms. The molecule has 0 aromatic carbocycles. The van der Waals surface area contributed by atoms with Crippen LogP contribution in [0.5, 0.6) is 0 Å². The van der Waals surface area contributed by atoms with Crippen molar-refractivity contribution in [2.75, 3.05) is 0 Å². The Kier molecular flexibility index (Phi) is 2.47. The molecule has 0 aromatic rings. The average molecular weight is 154 g/mol. The lowest BCUT2D eigenvalue weighted by atomic mass is 10.0. The van der Waals surface area contributed by atoms with Gasteiger partial charge in [-0.2, -0.15) is 0 Å². The predicted octanol–water partition coefficient (Wildman–Crippen LogP) is 2.89. The van der Waals surface area contributed by atoms with Gasteiger partial charge in [0.1, 0.15) is 0 Å². The highest BCUT2D eigenvalue weighted by Gasteiger charge is 2.22. The summed E-state index contributed by atoms with van der Waals surface area (Å²) >= 11 is 0. The van der Waals surface area contributed by atoms with Crippen molar-refractivity contribution in [3.8, 4) is 0 Å². The molecule has 2 rings (SSSR count). The highest BCUT2D eigenvalue weighted by Crippen LogP contribution is 2.28. The summed E-state index contributed by atoms with van der Waals surface area (Å²) in [4.78, 5) is 0. The molecule has 2 saturated heterocycles. The van der Waals surface area contributed by atoms with Gasteiger partial charge in [-0.15, -0.1) is 0 Å². The van der Waals surface area contributed by atoms with Crippen LogP contribution in [0.4, 0.5) is 0 Å². The summed E-state index contributed by atoms with van der Waals surface area (Å²) < 4.78 is 5.97. The Morgan fingerprint density at radius 1 is 0.636 bits per heavy atom. The fraction of sp³-hybridized carbons (Fsp3) is 1.00. The van der Waals surface area contributed by atoms with Crippen molar-refractivity contribution in [2.45, 2.75) is 63.6 Å². The van der Waals surface area contributed by atoms with Crippen LogP contribution in [0.15, 0.2) is 0 Å². The first-order valence-electron chi connectivity index (χ1n) is 5.10. The molecular weight excluding hydrogens is 136 g/mol. The van der Waals surface area contributed by atoms with Gasteiger partial charge < -0.3 is 4.74 Å². The molecule has 2 aliphatic rings. The lowest BCUT2D eigenvalue weighted by Crippen LogP contribution is -2.16. The van der Waals surface area contributed by atoms with Gasteiger partial charge in [-0.1, -0.05) is 25.7 Å². The van der Waals surface area contributed by atoms with Crippen molar-refractivity contribution >= 4 is 0 Å². The largest absolute Gasteiger partial charge is 0.375 e. The molecule has 1 heteroatoms. The van der Waals surface area contributed by atoms with Crippen LogP contribution in [0.25, 0.3) is 0 Å². The number of ether oxygens (including phenoxy) is 1. The third kappa shape index (κ3) is 1.96. The predicted molar refractivity (Wildman–Crippen MR) is 45.6 cm³/mol. The lowest BCUT2D eigenvalue weighted by molar-refractivity contribution is -0.00353. The van der Waals surface area contributed by atoms with Gasteiger partial charge in [0.25, 0.3) is 0 Å². The SMILES string of the molecule is C1CCC2CCCCC(C1)O2. The lowest BCUT2D eigenvalue weighted by Gasteiger charge is -2.16. The molecule has 11 heavy (non-hydrogen) atoms. The number of rotatable bonds is 0. The van der Waals surface area contributed by atoms with E-state index in [0.717, 1.165) is 0 Å². The molecule has 1 nitrogen and oxygen atoms in total. The summed E-state index contributed by atoms with van der Waals surface area (Å²) in [6.45, 7) is 0. The summed E-state index contributed by atoms with van der Waals surface area (Å²) in [5.41, 5.74) is 0. The summed E-state index contributed by atoms with van der Waals surface area (Å²) in [5.74, 6) is 0. The van der Waals surface area contributed by atoms with Gasteiger partial charge in [-0.05, 0) is 25.7 Å². The van der Waals surface area contributed by atoms with Crippen molar-refractivity contribution in [2.24, 2.45) is 0 Å². The van der Waals surface area contributed by atoms with Gasteiger partial charge in [0.15, 0.2) is 0 Å². The first-order valence-corrected chi connectivity index (χ1v) is 5.10. The molecule has 2 heterocycles. The fourth-order valence-electron chi connectivity index (χ4n) is 2.32. The zero-order valence-corrected chi connectivity index (χ0v) is 7.22. The molecule has 0 spiro atoms. The second-order valence-corrected chi connectivity index (χ2v) is 3.95. The van der Waals surface area contributed by atoms with E-state index in [1.165, 1.54) is 51.4 Å². The first kappa shape index (κ1) is 7.60. The quantitative estimate of drug-likeness (QED) is 0.521. The number of fused-ring (bicyclic) bond motifs is 2. The van der Waals surface area contributed by atoms with Crippen LogP contribution < -0.4 is 0 Å². The zero-order chi connectivity index (χ0) is 7.52. The summed E-state index contributed by atoms with van der Waals surface area (Å²) in [7, 11) is 0. The molecule has 0 atom stereocenters. The average Bonchev–Trinajstić information content (AvgIpc) is 2.36. The van der Waals surface area contributed by atoms with E-state index in [2.05, 4.69) is 0 Å². The molecule has 2 fully saturated rings. The van der Waals surface area contributed by atoms with E-state index >= 15 is 0 Å². The topological polar surface area (TPSA) is 9.23 Å². The van der Waals surface area contributed by atoms with E-state index in [9.17, 15) is 0 Å². The highest BCUT2D eigenvalue weighted by atomic mass is 16.5. The van der Waals surface area contributed by atoms with Gasteiger partial charge in [0, 0.05) is 0 Å². The van der Waals surface area contributed by atoms with E-state index < -0.39 is 0 Å². The number of hydrogen-bond acceptors (Lipinski definition) is 1. The van der Waals surface area contributed by atoms with Gasteiger partial charge in [0.05, 0.1) is 12.2 Å². The van der Waals surface area contributed by atoms with Crippen LogP contribution in [0, 0.1) is 0 Å². The molecule has 0 saturated carbocycles. The standard InChI is InChI=1S/C10H18O/c1-2-6-10-8-4-3-7-9(5-1)11-10/h9-10H,1-8H2. The molecular formula is C10H18O. The Hall–Kier alpha value is -0.0400. The number of hydrogen-bond donors (Lipinski definition) is 0. The maximum atomic E-state index is 5.97. The molecule has 64 valence electrons. The van der Waals surface area contributed by atoms with E-state index in [0.29, 0.717) is 12.2 Å². The van der Waals surface area contributed by atoms with Crippen molar-refractivity contribution in [3.05, 3.63) is 0 Å². The van der Waals surface area contributed by atoms with E-state index in [-0.39, 0.29) is 0 Å². The summed E-state index contributed by atoms with van der Waals surface area (Å²) in [6.07, 6.45) is 12.2. The van der Waals surface area contributed by atoms with Gasteiger partial charge in [-0.3, -0.25) is 0 Å².